The van der Waals surface area contributed by atoms with Crippen molar-refractivity contribution in [1.29, 1.82) is 0 Å². The number of rotatable bonds is 7. The molecule has 0 aliphatic rings. The summed E-state index contributed by atoms with van der Waals surface area (Å²) in [5, 5.41) is 3.62. The van der Waals surface area contributed by atoms with Crippen LogP contribution < -0.4 is 5.32 Å². The number of hydrogen-bond acceptors (Lipinski definition) is 2. The van der Waals surface area contributed by atoms with Crippen molar-refractivity contribution in [3.8, 4) is 0 Å². The fraction of sp³-hybridized carbons (Fsp3) is 0.526. The molecule has 0 saturated carbocycles. The van der Waals surface area contributed by atoms with E-state index in [2.05, 4.69) is 80.2 Å². The summed E-state index contributed by atoms with van der Waals surface area (Å²) in [6, 6.07) is 11.2. The molecule has 1 unspecified atom stereocenters. The molecule has 0 fully saturated rings. The molecule has 1 atom stereocenters. The fourth-order valence-electron chi connectivity index (χ4n) is 3.02. The van der Waals surface area contributed by atoms with E-state index in [4.69, 9.17) is 0 Å². The van der Waals surface area contributed by atoms with Gasteiger partial charge in [-0.3, -0.25) is 0 Å². The highest BCUT2D eigenvalue weighted by Gasteiger charge is 2.23. The van der Waals surface area contributed by atoms with Gasteiger partial charge in [-0.2, -0.15) is 0 Å². The minimum Gasteiger partial charge on any atom is -0.346 e. The van der Waals surface area contributed by atoms with Crippen LogP contribution in [0.5, 0.6) is 0 Å². The van der Waals surface area contributed by atoms with Crippen LogP contribution in [0.1, 0.15) is 56.9 Å². The Morgan fingerprint density at radius 2 is 1.91 bits per heavy atom. The molecule has 0 radical (unpaired) electrons. The van der Waals surface area contributed by atoms with Gasteiger partial charge in [0.2, 0.25) is 0 Å². The van der Waals surface area contributed by atoms with Gasteiger partial charge >= 0.3 is 0 Å². The largest absolute Gasteiger partial charge is 0.346 e. The summed E-state index contributed by atoms with van der Waals surface area (Å²) in [6.45, 7) is 11.9. The van der Waals surface area contributed by atoms with Gasteiger partial charge in [-0.25, -0.2) is 4.98 Å². The third kappa shape index (κ3) is 4.20. The number of benzene rings is 1. The SMILES string of the molecule is CCc1nc(CNC(C)CC(C)(C)c2ccccc2)c(C)[nH]1. The van der Waals surface area contributed by atoms with Crippen molar-refractivity contribution in [2.75, 3.05) is 0 Å². The van der Waals surface area contributed by atoms with Crippen LogP contribution in [0, 0.1) is 6.92 Å². The molecule has 3 heteroatoms. The van der Waals surface area contributed by atoms with Crippen molar-refractivity contribution in [1.82, 2.24) is 15.3 Å². The van der Waals surface area contributed by atoms with Crippen molar-refractivity contribution in [3.05, 3.63) is 53.1 Å². The average molecular weight is 299 g/mol. The first kappa shape index (κ1) is 16.8. The maximum atomic E-state index is 4.64. The lowest BCUT2D eigenvalue weighted by Crippen LogP contribution is -2.33. The highest BCUT2D eigenvalue weighted by atomic mass is 15.0. The molecule has 2 N–H and O–H groups in total. The van der Waals surface area contributed by atoms with E-state index in [-0.39, 0.29) is 5.41 Å². The van der Waals surface area contributed by atoms with Crippen molar-refractivity contribution < 1.29 is 0 Å². The number of aryl methyl sites for hydroxylation is 2. The Hall–Kier alpha value is -1.61. The standard InChI is InChI=1S/C19H29N3/c1-6-18-21-15(3)17(22-18)13-20-14(2)12-19(4,5)16-10-8-7-9-11-16/h7-11,14,20H,6,12-13H2,1-5H3,(H,21,22). The highest BCUT2D eigenvalue weighted by Crippen LogP contribution is 2.28. The zero-order valence-electron chi connectivity index (χ0n) is 14.5. The molecule has 0 aliphatic heterocycles. The van der Waals surface area contributed by atoms with E-state index >= 15 is 0 Å². The Balaban J connectivity index is 1.92. The molecule has 0 saturated heterocycles. The lowest BCUT2D eigenvalue weighted by Gasteiger charge is -2.29. The zero-order chi connectivity index (χ0) is 16.2. The molecule has 0 bridgehead atoms. The van der Waals surface area contributed by atoms with Gasteiger partial charge in [0.1, 0.15) is 5.82 Å². The van der Waals surface area contributed by atoms with Gasteiger partial charge in [-0.05, 0) is 31.2 Å². The fourth-order valence-corrected chi connectivity index (χ4v) is 3.02. The summed E-state index contributed by atoms with van der Waals surface area (Å²) in [7, 11) is 0. The third-order valence-corrected chi connectivity index (χ3v) is 4.36. The maximum Gasteiger partial charge on any atom is 0.106 e. The number of imidazole rings is 1. The Kier molecular flexibility index (Phi) is 5.41. The van der Waals surface area contributed by atoms with Gasteiger partial charge in [-0.1, -0.05) is 51.1 Å². The van der Waals surface area contributed by atoms with Crippen LogP contribution in [0.4, 0.5) is 0 Å². The summed E-state index contributed by atoms with van der Waals surface area (Å²) >= 11 is 0. The lowest BCUT2D eigenvalue weighted by atomic mass is 9.79. The van der Waals surface area contributed by atoms with E-state index < -0.39 is 0 Å². The molecular formula is C19H29N3. The van der Waals surface area contributed by atoms with Gasteiger partial charge in [0.25, 0.3) is 0 Å². The molecule has 1 heterocycles. The summed E-state index contributed by atoms with van der Waals surface area (Å²) in [6.07, 6.45) is 2.05. The molecule has 0 aliphatic carbocycles. The van der Waals surface area contributed by atoms with E-state index in [1.807, 2.05) is 0 Å². The highest BCUT2D eigenvalue weighted by molar-refractivity contribution is 5.23. The molecule has 0 amide bonds. The van der Waals surface area contributed by atoms with E-state index in [0.717, 1.165) is 30.9 Å². The summed E-state index contributed by atoms with van der Waals surface area (Å²) in [4.78, 5) is 7.98. The Bertz CT molecular complexity index is 584. The number of nitrogens with one attached hydrogen (secondary N) is 2. The monoisotopic (exact) mass is 299 g/mol. The van der Waals surface area contributed by atoms with Gasteiger partial charge in [-0.15, -0.1) is 0 Å². The van der Waals surface area contributed by atoms with E-state index in [1.54, 1.807) is 0 Å². The third-order valence-electron chi connectivity index (χ3n) is 4.36. The zero-order valence-corrected chi connectivity index (χ0v) is 14.5. The Labute approximate surface area is 134 Å². The van der Waals surface area contributed by atoms with Crippen LogP contribution in [-0.4, -0.2) is 16.0 Å². The minimum absolute atomic E-state index is 0.170. The predicted molar refractivity (Wildman–Crippen MR) is 93.1 cm³/mol. The van der Waals surface area contributed by atoms with Crippen LogP contribution in [-0.2, 0) is 18.4 Å². The topological polar surface area (TPSA) is 40.7 Å². The van der Waals surface area contributed by atoms with E-state index in [1.165, 1.54) is 11.3 Å². The second-order valence-corrected chi connectivity index (χ2v) is 6.84. The second kappa shape index (κ2) is 7.10. The van der Waals surface area contributed by atoms with Crippen LogP contribution in [0.2, 0.25) is 0 Å². The van der Waals surface area contributed by atoms with Crippen LogP contribution in [0.25, 0.3) is 0 Å². The van der Waals surface area contributed by atoms with Crippen LogP contribution in [0.3, 0.4) is 0 Å². The molecule has 1 aromatic heterocycles. The van der Waals surface area contributed by atoms with Crippen molar-refractivity contribution in [2.24, 2.45) is 0 Å². The van der Waals surface area contributed by atoms with E-state index in [9.17, 15) is 0 Å². The first-order chi connectivity index (χ1) is 10.4. The smallest absolute Gasteiger partial charge is 0.106 e. The van der Waals surface area contributed by atoms with Gasteiger partial charge < -0.3 is 10.3 Å². The van der Waals surface area contributed by atoms with Crippen LogP contribution in [0.15, 0.2) is 30.3 Å². The average Bonchev–Trinajstić information content (AvgIpc) is 2.86. The number of nitrogens with zero attached hydrogens (tertiary/aromatic N) is 1. The summed E-state index contributed by atoms with van der Waals surface area (Å²) in [5.74, 6) is 1.08. The number of aromatic amines is 1. The first-order valence-corrected chi connectivity index (χ1v) is 8.25. The molecule has 22 heavy (non-hydrogen) atoms. The molecule has 0 spiro atoms. The normalized spacial score (nSPS) is 13.3. The quantitative estimate of drug-likeness (QED) is 0.807. The predicted octanol–water partition coefficient (Wildman–Crippen LogP) is 4.13. The lowest BCUT2D eigenvalue weighted by molar-refractivity contribution is 0.387. The van der Waals surface area contributed by atoms with Gasteiger partial charge in [0.15, 0.2) is 0 Å². The first-order valence-electron chi connectivity index (χ1n) is 8.25. The molecule has 2 aromatic rings. The van der Waals surface area contributed by atoms with Gasteiger partial charge in [0, 0.05) is 24.7 Å². The Morgan fingerprint density at radius 3 is 2.50 bits per heavy atom. The summed E-state index contributed by atoms with van der Waals surface area (Å²) in [5.41, 5.74) is 3.89. The van der Waals surface area contributed by atoms with Gasteiger partial charge in [0.05, 0.1) is 5.69 Å². The van der Waals surface area contributed by atoms with Crippen molar-refractivity contribution in [2.45, 2.75) is 65.5 Å². The van der Waals surface area contributed by atoms with E-state index in [0.29, 0.717) is 6.04 Å². The molecule has 1 aromatic carbocycles. The Morgan fingerprint density at radius 1 is 1.23 bits per heavy atom. The van der Waals surface area contributed by atoms with Crippen LogP contribution >= 0.6 is 0 Å². The second-order valence-electron chi connectivity index (χ2n) is 6.84. The number of hydrogen-bond donors (Lipinski definition) is 2. The van der Waals surface area contributed by atoms with Crippen molar-refractivity contribution in [3.63, 3.8) is 0 Å². The number of aromatic nitrogens is 2. The maximum absolute atomic E-state index is 4.64. The molecule has 2 rings (SSSR count). The molecular weight excluding hydrogens is 270 g/mol. The molecule has 120 valence electrons. The number of H-pyrrole nitrogens is 1. The minimum atomic E-state index is 0.170. The van der Waals surface area contributed by atoms with Crippen molar-refractivity contribution >= 4 is 0 Å². The summed E-state index contributed by atoms with van der Waals surface area (Å²) < 4.78 is 0. The molecule has 3 nitrogen and oxygen atoms in total.